The SMILES string of the molecule is ClC(Cl)Cl.ClC(Cl)Cl.O=[N+]([O-])[O-].O=[N+]([O-])[O-].[Ag+].[Ag+].c1ccc2sc(SCCCSc3nc4ccccc4s3)nc2c1.c1ccc2sc(SCCCSc3nc4ccccc4s3)nc2c1. The predicted molar refractivity (Wildman–Crippen MR) is 274 cm³/mol. The van der Waals surface area contributed by atoms with Crippen LogP contribution in [0.2, 0.25) is 0 Å². The molecule has 0 saturated heterocycles. The fourth-order valence-corrected chi connectivity index (χ4v) is 13.1. The molecule has 0 saturated carbocycles. The van der Waals surface area contributed by atoms with E-state index >= 15 is 0 Å². The first kappa shape index (κ1) is 61.5. The van der Waals surface area contributed by atoms with Crippen molar-refractivity contribution in [3.05, 3.63) is 128 Å². The first-order chi connectivity index (χ1) is 29.7. The Balaban J connectivity index is 0.000000470. The van der Waals surface area contributed by atoms with Crippen molar-refractivity contribution in [2.75, 3.05) is 23.0 Å². The van der Waals surface area contributed by atoms with Crippen LogP contribution < -0.4 is 0 Å². The van der Waals surface area contributed by atoms with Gasteiger partial charge in [0.1, 0.15) is 0 Å². The van der Waals surface area contributed by atoms with E-state index < -0.39 is 18.8 Å². The van der Waals surface area contributed by atoms with Gasteiger partial charge in [-0.25, -0.2) is 19.9 Å². The van der Waals surface area contributed by atoms with Crippen LogP contribution in [0.4, 0.5) is 0 Å². The van der Waals surface area contributed by atoms with E-state index in [1.54, 1.807) is 45.3 Å². The molecule has 0 aliphatic carbocycles. The molecule has 0 amide bonds. The summed E-state index contributed by atoms with van der Waals surface area (Å²) < 4.78 is 8.31. The number of nitrogens with zero attached hydrogens (tertiary/aromatic N) is 6. The summed E-state index contributed by atoms with van der Waals surface area (Å²) in [5.41, 5.74) is 4.46. The molecule has 4 aromatic heterocycles. The Morgan fingerprint density at radius 3 is 0.766 bits per heavy atom. The molecule has 12 nitrogen and oxygen atoms in total. The molecule has 0 unspecified atom stereocenters. The van der Waals surface area contributed by atoms with Gasteiger partial charge in [0.25, 0.3) is 0 Å². The summed E-state index contributed by atoms with van der Waals surface area (Å²) in [5, 5.41) is 29.5. The third-order valence-electron chi connectivity index (χ3n) is 6.58. The van der Waals surface area contributed by atoms with Gasteiger partial charge >= 0.3 is 44.8 Å². The van der Waals surface area contributed by atoms with Crippen molar-refractivity contribution in [3.8, 4) is 0 Å². The van der Waals surface area contributed by atoms with E-state index in [-0.39, 0.29) is 44.8 Å². The number of alkyl halides is 6. The second-order valence-corrected chi connectivity index (χ2v) is 24.3. The molecule has 0 N–H and O–H groups in total. The molecule has 0 aliphatic heterocycles. The van der Waals surface area contributed by atoms with E-state index in [0.717, 1.165) is 45.1 Å². The number of aromatic nitrogens is 4. The maximum absolute atomic E-state index is 8.25. The van der Waals surface area contributed by atoms with Crippen LogP contribution >= 0.6 is 162 Å². The van der Waals surface area contributed by atoms with Crippen LogP contribution in [-0.4, -0.2) is 61.7 Å². The van der Waals surface area contributed by atoms with Crippen molar-refractivity contribution in [1.82, 2.24) is 19.9 Å². The van der Waals surface area contributed by atoms with Crippen LogP contribution in [0.3, 0.4) is 0 Å². The summed E-state index contributed by atoms with van der Waals surface area (Å²) in [5.74, 6) is 4.44. The molecule has 8 rings (SSSR count). The standard InChI is InChI=1S/2C17H14N2S4.2CHCl3.2Ag.2NO3/c2*1-3-8-14-12(6-1)18-16(22-14)20-10-5-11-21-17-19-13-7-2-4-9-15(13)23-17;2*2-1(3)4;;;2*2-1(3)4/h2*1-4,6-9H,5,10-11H2;2*1H;;;;/q;;;;2*+1;2*-1. The Labute approximate surface area is 461 Å². The van der Waals surface area contributed by atoms with Gasteiger partial charge in [-0.15, -0.1) is 45.3 Å². The van der Waals surface area contributed by atoms with Gasteiger partial charge in [-0.05, 0) is 61.4 Å². The number of fused-ring (bicyclic) bond motifs is 4. The van der Waals surface area contributed by atoms with Gasteiger partial charge < -0.3 is 30.6 Å². The third-order valence-corrected chi connectivity index (χ3v) is 15.6. The topological polar surface area (TPSA) is 184 Å². The fourth-order valence-electron chi connectivity index (χ4n) is 4.41. The molecule has 8 aromatic rings. The summed E-state index contributed by atoms with van der Waals surface area (Å²) >= 11 is 43.4. The number of thiazole rings is 4. The zero-order chi connectivity index (χ0) is 45.3. The van der Waals surface area contributed by atoms with Crippen LogP contribution in [-0.2, 0) is 44.8 Å². The Kier molecular flexibility index (Phi) is 34.2. The number of para-hydroxylation sites is 4. The van der Waals surface area contributed by atoms with Gasteiger partial charge in [-0.2, -0.15) is 0 Å². The van der Waals surface area contributed by atoms with E-state index in [0.29, 0.717) is 0 Å². The Hall–Kier alpha value is -0.539. The number of hydrogen-bond donors (Lipinski definition) is 0. The molecule has 0 aliphatic rings. The maximum atomic E-state index is 8.25. The minimum absolute atomic E-state index is 0. The van der Waals surface area contributed by atoms with Crippen molar-refractivity contribution in [2.24, 2.45) is 0 Å². The molecule has 352 valence electrons. The molecule has 0 fully saturated rings. The summed E-state index contributed by atoms with van der Waals surface area (Å²) in [4.78, 5) is 35.1. The summed E-state index contributed by atoms with van der Waals surface area (Å²) in [6.07, 6.45) is 2.34. The van der Waals surface area contributed by atoms with Crippen molar-refractivity contribution in [2.45, 2.75) is 38.8 Å². The van der Waals surface area contributed by atoms with Gasteiger partial charge in [0, 0.05) is 23.0 Å². The van der Waals surface area contributed by atoms with E-state index in [1.807, 2.05) is 71.3 Å². The average Bonchev–Trinajstić information content (AvgIpc) is 4.01. The minimum Gasteiger partial charge on any atom is -0.356 e. The molecule has 0 bridgehead atoms. The monoisotopic (exact) mass is 1320 g/mol. The van der Waals surface area contributed by atoms with E-state index in [4.69, 9.17) is 100 Å². The number of hydrogen-bond acceptors (Lipinski definition) is 18. The van der Waals surface area contributed by atoms with Gasteiger partial charge in [0.15, 0.2) is 25.9 Å². The second-order valence-electron chi connectivity index (χ2n) is 10.8. The van der Waals surface area contributed by atoms with Crippen molar-refractivity contribution in [3.63, 3.8) is 0 Å². The van der Waals surface area contributed by atoms with Crippen molar-refractivity contribution in [1.29, 1.82) is 0 Å². The second kappa shape index (κ2) is 35.6. The van der Waals surface area contributed by atoms with E-state index in [9.17, 15) is 0 Å². The average molecular weight is 1330 g/mol. The van der Waals surface area contributed by atoms with Gasteiger partial charge in [-0.1, -0.05) is 165 Å². The van der Waals surface area contributed by atoms with E-state index in [1.165, 1.54) is 49.0 Å². The smallest absolute Gasteiger partial charge is 0.356 e. The number of halogens is 6. The first-order valence-electron chi connectivity index (χ1n) is 17.1. The van der Waals surface area contributed by atoms with E-state index in [2.05, 4.69) is 92.7 Å². The van der Waals surface area contributed by atoms with Crippen molar-refractivity contribution >= 4 is 203 Å². The summed E-state index contributed by atoms with van der Waals surface area (Å²) in [6, 6.07) is 33.4. The molecule has 28 heteroatoms. The molecular weight excluding hydrogens is 1300 g/mol. The van der Waals surface area contributed by atoms with Gasteiger partial charge in [0.2, 0.25) is 0 Å². The molecular formula is C36H30Ag2Cl6N6O6S8. The Morgan fingerprint density at radius 2 is 0.594 bits per heavy atom. The molecule has 4 heterocycles. The maximum Gasteiger partial charge on any atom is 1.00 e. The fraction of sp³-hybridized carbons (Fsp3) is 0.222. The van der Waals surface area contributed by atoms with Crippen LogP contribution in [0, 0.1) is 30.6 Å². The van der Waals surface area contributed by atoms with Crippen molar-refractivity contribution < 1.29 is 54.9 Å². The number of rotatable bonds is 12. The molecule has 64 heavy (non-hydrogen) atoms. The van der Waals surface area contributed by atoms with Crippen LogP contribution in [0.5, 0.6) is 0 Å². The molecule has 0 spiro atoms. The zero-order valence-corrected chi connectivity index (χ0v) is 45.9. The molecule has 0 atom stereocenters. The quantitative estimate of drug-likeness (QED) is 0.0281. The Bertz CT molecular complexity index is 2080. The van der Waals surface area contributed by atoms with Crippen LogP contribution in [0.25, 0.3) is 40.9 Å². The van der Waals surface area contributed by atoms with Gasteiger partial charge in [-0.3, -0.25) is 0 Å². The first-order valence-corrected chi connectivity index (χ1v) is 26.9. The number of thioether (sulfide) groups is 4. The van der Waals surface area contributed by atoms with Crippen LogP contribution in [0.15, 0.2) is 114 Å². The molecule has 4 aromatic carbocycles. The summed E-state index contributed by atoms with van der Waals surface area (Å²) in [6.45, 7) is 0. The zero-order valence-electron chi connectivity index (χ0n) is 31.9. The summed E-state index contributed by atoms with van der Waals surface area (Å²) in [7, 11) is 0. The Morgan fingerprint density at radius 1 is 0.422 bits per heavy atom. The third kappa shape index (κ3) is 26.9. The largest absolute Gasteiger partial charge is 1.00 e. The number of benzene rings is 4. The predicted octanol–water partition coefficient (Wildman–Crippen LogP) is 15.9. The normalized spacial score (nSPS) is 10.1. The minimum atomic E-state index is -1.75. The van der Waals surface area contributed by atoms with Crippen LogP contribution in [0.1, 0.15) is 12.8 Å². The van der Waals surface area contributed by atoms with Gasteiger partial charge in [0.05, 0.1) is 51.0 Å². The molecule has 0 radical (unpaired) electrons.